The molecule has 0 aliphatic carbocycles. The van der Waals surface area contributed by atoms with Gasteiger partial charge in [-0.1, -0.05) is 18.2 Å². The molecule has 1 atom stereocenters. The molecule has 6 nitrogen and oxygen atoms in total. The molecule has 0 bridgehead atoms. The van der Waals surface area contributed by atoms with Crippen molar-refractivity contribution in [2.75, 3.05) is 0 Å². The van der Waals surface area contributed by atoms with Crippen molar-refractivity contribution in [1.82, 2.24) is 4.98 Å². The zero-order valence-corrected chi connectivity index (χ0v) is 15.2. The van der Waals surface area contributed by atoms with Crippen molar-refractivity contribution in [2.45, 2.75) is 26.9 Å². The van der Waals surface area contributed by atoms with Crippen molar-refractivity contribution >= 4 is 28.3 Å². The Kier molecular flexibility index (Phi) is 5.07. The Labute approximate surface area is 156 Å². The molecule has 1 heterocycles. The standard InChI is InChI=1S/C21H18N2O4/c1-12-17(10-15-6-4-5-7-19(15)22-12)21(25)16-8-9-20(23-26)18(11-16)13(2)27-14(3)24/h4-11,13H,1-3H3. The van der Waals surface area contributed by atoms with E-state index < -0.39 is 12.1 Å². The van der Waals surface area contributed by atoms with Crippen LogP contribution in [0.4, 0.5) is 5.69 Å². The quantitative estimate of drug-likeness (QED) is 0.370. The molecule has 0 saturated carbocycles. The van der Waals surface area contributed by atoms with Gasteiger partial charge in [0.25, 0.3) is 0 Å². The van der Waals surface area contributed by atoms with Crippen molar-refractivity contribution in [2.24, 2.45) is 5.18 Å². The molecule has 0 spiro atoms. The van der Waals surface area contributed by atoms with Gasteiger partial charge in [-0.05, 0) is 49.4 Å². The molecule has 1 aromatic heterocycles. The number of benzene rings is 2. The van der Waals surface area contributed by atoms with Crippen LogP contribution in [0.3, 0.4) is 0 Å². The molecule has 1 unspecified atom stereocenters. The average molecular weight is 362 g/mol. The predicted molar refractivity (Wildman–Crippen MR) is 102 cm³/mol. The Morgan fingerprint density at radius 3 is 2.56 bits per heavy atom. The first-order valence-corrected chi connectivity index (χ1v) is 8.46. The summed E-state index contributed by atoms with van der Waals surface area (Å²) < 4.78 is 5.14. The molecule has 0 radical (unpaired) electrons. The molecular formula is C21H18N2O4. The third kappa shape index (κ3) is 3.74. The zero-order valence-electron chi connectivity index (χ0n) is 15.2. The summed E-state index contributed by atoms with van der Waals surface area (Å²) in [4.78, 5) is 39.9. The second-order valence-corrected chi connectivity index (χ2v) is 6.26. The largest absolute Gasteiger partial charge is 0.458 e. The van der Waals surface area contributed by atoms with Gasteiger partial charge in [0.05, 0.1) is 5.52 Å². The summed E-state index contributed by atoms with van der Waals surface area (Å²) in [5.41, 5.74) is 2.80. The number of carbonyl (C=O) groups is 2. The van der Waals surface area contributed by atoms with Crippen molar-refractivity contribution in [3.8, 4) is 0 Å². The van der Waals surface area contributed by atoms with Crippen molar-refractivity contribution < 1.29 is 14.3 Å². The third-order valence-electron chi connectivity index (χ3n) is 4.33. The fourth-order valence-corrected chi connectivity index (χ4v) is 3.01. The lowest BCUT2D eigenvalue weighted by Crippen LogP contribution is -2.09. The smallest absolute Gasteiger partial charge is 0.303 e. The van der Waals surface area contributed by atoms with Crippen LogP contribution in [0, 0.1) is 11.8 Å². The number of para-hydroxylation sites is 1. The highest BCUT2D eigenvalue weighted by Gasteiger charge is 2.19. The first kappa shape index (κ1) is 18.4. The van der Waals surface area contributed by atoms with E-state index in [-0.39, 0.29) is 11.5 Å². The summed E-state index contributed by atoms with van der Waals surface area (Å²) in [7, 11) is 0. The van der Waals surface area contributed by atoms with Gasteiger partial charge in [0.15, 0.2) is 5.78 Å². The third-order valence-corrected chi connectivity index (χ3v) is 4.33. The number of aryl methyl sites for hydroxylation is 1. The van der Waals surface area contributed by atoms with Gasteiger partial charge in [0.1, 0.15) is 11.8 Å². The topological polar surface area (TPSA) is 85.7 Å². The van der Waals surface area contributed by atoms with E-state index >= 15 is 0 Å². The van der Waals surface area contributed by atoms with E-state index in [9.17, 15) is 14.5 Å². The summed E-state index contributed by atoms with van der Waals surface area (Å²) in [6.07, 6.45) is -0.696. The highest BCUT2D eigenvalue weighted by molar-refractivity contribution is 6.11. The molecule has 0 N–H and O–H groups in total. The molecule has 0 fully saturated rings. The maximum atomic E-state index is 13.1. The van der Waals surface area contributed by atoms with E-state index in [1.807, 2.05) is 24.3 Å². The van der Waals surface area contributed by atoms with Crippen LogP contribution in [0.25, 0.3) is 10.9 Å². The molecule has 0 aliphatic rings. The number of carbonyl (C=O) groups excluding carboxylic acids is 2. The summed E-state index contributed by atoms with van der Waals surface area (Å²) in [6.45, 7) is 4.69. The Bertz CT molecular complexity index is 1060. The Balaban J connectivity index is 2.06. The summed E-state index contributed by atoms with van der Waals surface area (Å²) >= 11 is 0. The molecule has 0 saturated heterocycles. The number of hydrogen-bond donors (Lipinski definition) is 0. The lowest BCUT2D eigenvalue weighted by molar-refractivity contribution is -0.145. The summed E-state index contributed by atoms with van der Waals surface area (Å²) in [5.74, 6) is -0.704. The molecule has 3 rings (SSSR count). The van der Waals surface area contributed by atoms with Crippen molar-refractivity contribution in [3.63, 3.8) is 0 Å². The Hall–Kier alpha value is -3.41. The maximum Gasteiger partial charge on any atom is 0.303 e. The Morgan fingerprint density at radius 2 is 1.85 bits per heavy atom. The highest BCUT2D eigenvalue weighted by atomic mass is 16.5. The van der Waals surface area contributed by atoms with Gasteiger partial charge >= 0.3 is 5.97 Å². The van der Waals surface area contributed by atoms with Gasteiger partial charge in [-0.15, -0.1) is 4.91 Å². The molecule has 0 amide bonds. The van der Waals surface area contributed by atoms with Crippen LogP contribution in [0.5, 0.6) is 0 Å². The molecular weight excluding hydrogens is 344 g/mol. The minimum Gasteiger partial charge on any atom is -0.458 e. The van der Waals surface area contributed by atoms with Crippen LogP contribution < -0.4 is 0 Å². The fourth-order valence-electron chi connectivity index (χ4n) is 3.01. The molecule has 27 heavy (non-hydrogen) atoms. The number of rotatable bonds is 5. The lowest BCUT2D eigenvalue weighted by Gasteiger charge is -2.15. The molecule has 136 valence electrons. The minimum absolute atomic E-state index is 0.133. The van der Waals surface area contributed by atoms with Crippen LogP contribution in [0.15, 0.2) is 53.7 Å². The van der Waals surface area contributed by atoms with E-state index in [2.05, 4.69) is 10.2 Å². The SMILES string of the molecule is CC(=O)OC(C)c1cc(C(=O)c2cc3ccccc3nc2C)ccc1N=O. The fraction of sp³-hybridized carbons (Fsp3) is 0.190. The maximum absolute atomic E-state index is 13.1. The van der Waals surface area contributed by atoms with Gasteiger partial charge in [0, 0.05) is 34.7 Å². The number of ketones is 1. The van der Waals surface area contributed by atoms with Crippen LogP contribution in [-0.2, 0) is 9.53 Å². The van der Waals surface area contributed by atoms with Crippen LogP contribution >= 0.6 is 0 Å². The Morgan fingerprint density at radius 1 is 1.11 bits per heavy atom. The van der Waals surface area contributed by atoms with Crippen LogP contribution in [0.2, 0.25) is 0 Å². The van der Waals surface area contributed by atoms with Crippen LogP contribution in [0.1, 0.15) is 47.1 Å². The first-order chi connectivity index (χ1) is 12.9. The number of nitroso groups, excluding NO2 is 1. The highest BCUT2D eigenvalue weighted by Crippen LogP contribution is 2.30. The van der Waals surface area contributed by atoms with Gasteiger partial charge in [-0.3, -0.25) is 14.6 Å². The normalized spacial score (nSPS) is 11.8. The summed E-state index contributed by atoms with van der Waals surface area (Å²) in [5, 5.41) is 3.83. The molecule has 0 aliphatic heterocycles. The number of esters is 1. The van der Waals surface area contributed by atoms with E-state index in [4.69, 9.17) is 4.74 Å². The second-order valence-electron chi connectivity index (χ2n) is 6.26. The van der Waals surface area contributed by atoms with Gasteiger partial charge in [-0.2, -0.15) is 0 Å². The van der Waals surface area contributed by atoms with Gasteiger partial charge in [0.2, 0.25) is 0 Å². The number of pyridine rings is 1. The number of ether oxygens (including phenoxy) is 1. The minimum atomic E-state index is -0.696. The molecule has 2 aromatic carbocycles. The van der Waals surface area contributed by atoms with E-state index in [0.717, 1.165) is 10.9 Å². The van der Waals surface area contributed by atoms with E-state index in [1.165, 1.54) is 19.1 Å². The first-order valence-electron chi connectivity index (χ1n) is 8.46. The average Bonchev–Trinajstić information content (AvgIpc) is 2.65. The van der Waals surface area contributed by atoms with E-state index in [0.29, 0.717) is 22.4 Å². The van der Waals surface area contributed by atoms with Crippen molar-refractivity contribution in [1.29, 1.82) is 0 Å². The lowest BCUT2D eigenvalue weighted by atomic mass is 9.97. The zero-order chi connectivity index (χ0) is 19.6. The molecule has 6 heteroatoms. The number of hydrogen-bond acceptors (Lipinski definition) is 6. The van der Waals surface area contributed by atoms with Crippen LogP contribution in [-0.4, -0.2) is 16.7 Å². The number of fused-ring (bicyclic) bond motifs is 1. The summed E-state index contributed by atoms with van der Waals surface area (Å²) in [6, 6.07) is 13.9. The van der Waals surface area contributed by atoms with E-state index in [1.54, 1.807) is 26.0 Å². The van der Waals surface area contributed by atoms with Crippen molar-refractivity contribution in [3.05, 3.63) is 75.8 Å². The number of aromatic nitrogens is 1. The van der Waals surface area contributed by atoms with Gasteiger partial charge in [-0.25, -0.2) is 0 Å². The second kappa shape index (κ2) is 7.45. The predicted octanol–water partition coefficient (Wildman–Crippen LogP) is 4.80. The number of nitrogens with zero attached hydrogens (tertiary/aromatic N) is 2. The van der Waals surface area contributed by atoms with Gasteiger partial charge < -0.3 is 4.74 Å². The monoisotopic (exact) mass is 362 g/mol. The molecule has 3 aromatic rings.